The van der Waals surface area contributed by atoms with Gasteiger partial charge in [0.25, 0.3) is 20.2 Å². The van der Waals surface area contributed by atoms with Gasteiger partial charge < -0.3 is 25.2 Å². The van der Waals surface area contributed by atoms with E-state index in [1.807, 2.05) is 0 Å². The van der Waals surface area contributed by atoms with Crippen LogP contribution in [0.15, 0.2) is 91.6 Å². The van der Waals surface area contributed by atoms with Crippen molar-refractivity contribution in [3.63, 3.8) is 0 Å². The molecular formula is C30H24Br2ClN8NaO11S3. The topological polar surface area (TPSA) is 294 Å². The van der Waals surface area contributed by atoms with Crippen LogP contribution in [0, 0.1) is 0 Å². The number of phenolic OH excluding ortho intramolecular Hbond substituents is 1. The predicted octanol–water partition coefficient (Wildman–Crippen LogP) is 3.20. The number of aromatic nitrogens is 3. The zero-order valence-corrected chi connectivity index (χ0v) is 36.9. The Hall–Kier alpha value is -3.40. The molecule has 0 spiro atoms. The van der Waals surface area contributed by atoms with Crippen LogP contribution in [0.3, 0.4) is 0 Å². The third-order valence-electron chi connectivity index (χ3n) is 7.34. The minimum absolute atomic E-state index is 0. The second-order valence-corrected chi connectivity index (χ2v) is 17.2. The molecule has 19 nitrogen and oxygen atoms in total. The molecule has 1 unspecified atom stereocenters. The molecule has 1 heterocycles. The van der Waals surface area contributed by atoms with Crippen LogP contribution in [0.1, 0.15) is 6.92 Å². The van der Waals surface area contributed by atoms with Crippen LogP contribution in [-0.2, 0) is 35.1 Å². The third kappa shape index (κ3) is 10.6. The number of hydrogen-bond acceptors (Lipinski definition) is 16. The number of amides is 1. The molecule has 56 heavy (non-hydrogen) atoms. The Morgan fingerprint density at radius 3 is 2.20 bits per heavy atom. The van der Waals surface area contributed by atoms with Crippen molar-refractivity contribution in [2.75, 3.05) is 27.4 Å². The number of fused-ring (bicyclic) bond motifs is 1. The fourth-order valence-corrected chi connectivity index (χ4v) is 7.33. The number of phenols is 1. The van der Waals surface area contributed by atoms with Gasteiger partial charge in [0.1, 0.15) is 36.1 Å². The molecule has 1 atom stereocenters. The van der Waals surface area contributed by atoms with Gasteiger partial charge >= 0.3 is 29.6 Å². The minimum Gasteiger partial charge on any atom is -0.744 e. The van der Waals surface area contributed by atoms with Gasteiger partial charge in [0.15, 0.2) is 5.75 Å². The van der Waals surface area contributed by atoms with Crippen LogP contribution in [0.2, 0.25) is 5.28 Å². The van der Waals surface area contributed by atoms with Crippen molar-refractivity contribution in [3.8, 4) is 5.75 Å². The third-order valence-corrected chi connectivity index (χ3v) is 12.3. The normalized spacial score (nSPS) is 12.6. The summed E-state index contributed by atoms with van der Waals surface area (Å²) in [7, 11) is -15.6. The summed E-state index contributed by atoms with van der Waals surface area (Å²) in [4.78, 5) is 22.9. The molecule has 5 aromatic rings. The number of halogens is 3. The van der Waals surface area contributed by atoms with Crippen LogP contribution in [-0.4, -0.2) is 81.6 Å². The fraction of sp³-hybridized carbons (Fsp3) is 0.133. The van der Waals surface area contributed by atoms with Crippen LogP contribution in [0.4, 0.5) is 40.3 Å². The van der Waals surface area contributed by atoms with Crippen molar-refractivity contribution in [2.45, 2.75) is 26.4 Å². The van der Waals surface area contributed by atoms with Crippen LogP contribution in [0.25, 0.3) is 10.8 Å². The molecular weight excluding hydrogens is 963 g/mol. The van der Waals surface area contributed by atoms with Gasteiger partial charge in [-0.3, -0.25) is 13.9 Å². The molecule has 5 N–H and O–H groups in total. The first kappa shape index (κ1) is 45.3. The maximum Gasteiger partial charge on any atom is 1.00 e. The molecule has 0 saturated heterocycles. The van der Waals surface area contributed by atoms with E-state index in [4.69, 9.17) is 11.6 Å². The molecule has 0 aliphatic carbocycles. The summed E-state index contributed by atoms with van der Waals surface area (Å²) in [6.07, 6.45) is 0. The summed E-state index contributed by atoms with van der Waals surface area (Å²) in [6.45, 7) is 2.13. The quantitative estimate of drug-likeness (QED) is 0.0490. The number of azo groups is 1. The standard InChI is InChI=1S/C30H25Br2ClN8O11S3.Na/c1-2-41(17-6-4-3-5-7-17)30-37-28(33)36-29(38-30)35-21-13-18(53(44,45)46)10-15-11-23(55(50,51)52)25(26(42)24(15)21)40-39-20-12-16(34-27(43)19(32)14-31)8-9-22(20)54(47,48)49;/h3-13,19,42H,2,14H2,1H3,(H,34,43)(H,44,45,46)(H,47,48,49)(H,50,51,52)(H,35,36,37,38);/q;+1/p-1. The van der Waals surface area contributed by atoms with Crippen LogP contribution >= 0.6 is 43.5 Å². The Morgan fingerprint density at radius 2 is 1.61 bits per heavy atom. The van der Waals surface area contributed by atoms with Gasteiger partial charge in [-0.15, -0.1) is 10.2 Å². The molecule has 4 aromatic carbocycles. The molecule has 0 saturated carbocycles. The molecule has 0 bridgehead atoms. The number of benzene rings is 4. The van der Waals surface area contributed by atoms with Crippen molar-refractivity contribution < 1.29 is 78.4 Å². The fourth-order valence-electron chi connectivity index (χ4n) is 4.97. The monoisotopic (exact) mass is 984 g/mol. The number of rotatable bonds is 13. The summed E-state index contributed by atoms with van der Waals surface area (Å²) < 4.78 is 106. The van der Waals surface area contributed by atoms with E-state index in [0.29, 0.717) is 24.4 Å². The van der Waals surface area contributed by atoms with Gasteiger partial charge in [0.2, 0.25) is 23.1 Å². The molecule has 0 aliphatic rings. The number of anilines is 5. The Kier molecular flexibility index (Phi) is 14.6. The number of carbonyl (C=O) groups excluding carboxylic acids is 1. The average molecular weight is 987 g/mol. The average Bonchev–Trinajstić information content (AvgIpc) is 3.09. The Balaban J connectivity index is 0.00000696. The van der Waals surface area contributed by atoms with E-state index >= 15 is 0 Å². The van der Waals surface area contributed by atoms with Crippen LogP contribution < -0.4 is 45.1 Å². The SMILES string of the molecule is CCN(c1ccccc1)c1nc(Cl)nc(Nc2cc(S(=O)(=O)[O-])cc3cc(S(=O)(=O)O)c(N=Nc4cc(NC(=O)C(Br)CBr)ccc4S(=O)(=O)O)c(O)c23)n1.[Na+]. The first-order valence-electron chi connectivity index (χ1n) is 15.0. The molecule has 0 fully saturated rings. The number of nitrogens with one attached hydrogen (secondary N) is 2. The van der Waals surface area contributed by atoms with Gasteiger partial charge in [0.05, 0.1) is 10.6 Å². The summed E-state index contributed by atoms with van der Waals surface area (Å²) in [5, 5.41) is 23.1. The number of hydrogen-bond donors (Lipinski definition) is 5. The molecule has 1 amide bonds. The summed E-state index contributed by atoms with van der Waals surface area (Å²) in [5.41, 5.74) is -1.48. The first-order valence-corrected chi connectivity index (χ1v) is 21.7. The maximum absolute atomic E-state index is 12.6. The van der Waals surface area contributed by atoms with Crippen molar-refractivity contribution in [3.05, 3.63) is 72.0 Å². The van der Waals surface area contributed by atoms with Gasteiger partial charge in [-0.25, -0.2) is 8.42 Å². The predicted molar refractivity (Wildman–Crippen MR) is 206 cm³/mol. The van der Waals surface area contributed by atoms with Crippen molar-refractivity contribution in [1.29, 1.82) is 0 Å². The van der Waals surface area contributed by atoms with E-state index in [9.17, 15) is 48.8 Å². The van der Waals surface area contributed by atoms with Gasteiger partial charge in [-0.05, 0) is 72.4 Å². The summed E-state index contributed by atoms with van der Waals surface area (Å²) in [6, 6.07) is 13.9. The Bertz CT molecular complexity index is 2700. The smallest absolute Gasteiger partial charge is 0.744 e. The minimum atomic E-state index is -5.35. The van der Waals surface area contributed by atoms with E-state index in [-0.39, 0.29) is 57.8 Å². The second-order valence-electron chi connectivity index (χ2n) is 11.0. The molecule has 1 aromatic heterocycles. The molecule has 290 valence electrons. The summed E-state index contributed by atoms with van der Waals surface area (Å²) >= 11 is 12.5. The van der Waals surface area contributed by atoms with E-state index in [0.717, 1.165) is 24.3 Å². The zero-order chi connectivity index (χ0) is 40.5. The molecule has 26 heteroatoms. The number of para-hydroxylation sites is 1. The largest absolute Gasteiger partial charge is 1.00 e. The van der Waals surface area contributed by atoms with Gasteiger partial charge in [-0.1, -0.05) is 50.1 Å². The van der Waals surface area contributed by atoms with Gasteiger partial charge in [-0.2, -0.15) is 31.8 Å². The van der Waals surface area contributed by atoms with Crippen molar-refractivity contribution in [1.82, 2.24) is 15.0 Å². The molecule has 0 radical (unpaired) electrons. The van der Waals surface area contributed by atoms with Crippen molar-refractivity contribution >= 4 is 131 Å². The Labute approximate surface area is 362 Å². The van der Waals surface area contributed by atoms with Crippen molar-refractivity contribution in [2.24, 2.45) is 10.2 Å². The van der Waals surface area contributed by atoms with Crippen LogP contribution in [0.5, 0.6) is 5.75 Å². The van der Waals surface area contributed by atoms with E-state index in [2.05, 4.69) is 67.7 Å². The molecule has 0 aliphatic heterocycles. The number of alkyl halides is 2. The number of carbonyl (C=O) groups is 1. The summed E-state index contributed by atoms with van der Waals surface area (Å²) in [5.74, 6) is -1.99. The van der Waals surface area contributed by atoms with Gasteiger partial charge in [0, 0.05) is 28.6 Å². The number of nitrogens with zero attached hydrogens (tertiary/aromatic N) is 6. The van der Waals surface area contributed by atoms with E-state index in [1.165, 1.54) is 0 Å². The maximum atomic E-state index is 12.6. The second kappa shape index (κ2) is 18.0. The van der Waals surface area contributed by atoms with E-state index in [1.54, 1.807) is 42.2 Å². The number of aromatic hydroxyl groups is 1. The van der Waals surface area contributed by atoms with E-state index < -0.39 is 89.4 Å². The Morgan fingerprint density at radius 1 is 0.946 bits per heavy atom. The first-order chi connectivity index (χ1) is 25.7. The molecule has 5 rings (SSSR count). The zero-order valence-electron chi connectivity index (χ0n) is 28.5.